The Hall–Kier alpha value is -1.36. The van der Waals surface area contributed by atoms with Crippen molar-refractivity contribution < 1.29 is 18.3 Å². The highest BCUT2D eigenvalue weighted by molar-refractivity contribution is 7.90. The molecule has 0 bridgehead atoms. The third-order valence-corrected chi connectivity index (χ3v) is 3.12. The smallest absolute Gasteiger partial charge is 0.175 e. The summed E-state index contributed by atoms with van der Waals surface area (Å²) in [6, 6.07) is 4.07. The number of carbonyl (C=O) groups is 1. The molecule has 1 aromatic carbocycles. The number of hydrogen-bond acceptors (Lipinski definition) is 4. The molecule has 0 amide bonds. The Kier molecular flexibility index (Phi) is 3.47. The first-order valence-electron chi connectivity index (χ1n) is 4.40. The quantitative estimate of drug-likeness (QED) is 0.778. The lowest BCUT2D eigenvalue weighted by atomic mass is 10.1. The van der Waals surface area contributed by atoms with E-state index in [2.05, 4.69) is 0 Å². The van der Waals surface area contributed by atoms with E-state index in [1.165, 1.54) is 18.2 Å². The van der Waals surface area contributed by atoms with Crippen molar-refractivity contribution >= 4 is 16.1 Å². The second-order valence-electron chi connectivity index (χ2n) is 3.27. The van der Waals surface area contributed by atoms with E-state index < -0.39 is 9.84 Å². The third-order valence-electron chi connectivity index (χ3n) is 2.01. The standard InChI is InChI=1S/C10H12O4S/c1-15(13,14)9-4-5-10(12)8(7-9)3-2-6-11/h4-7,12H,2-3H2,1H3. The summed E-state index contributed by atoms with van der Waals surface area (Å²) in [5.41, 5.74) is 0.477. The maximum Gasteiger partial charge on any atom is 0.175 e. The Bertz CT molecular complexity index is 462. The van der Waals surface area contributed by atoms with Gasteiger partial charge in [0.15, 0.2) is 9.84 Å². The molecule has 1 aromatic rings. The molecule has 0 radical (unpaired) electrons. The molecule has 5 heteroatoms. The highest BCUT2D eigenvalue weighted by Gasteiger charge is 2.10. The van der Waals surface area contributed by atoms with Gasteiger partial charge in [0.2, 0.25) is 0 Å². The molecule has 15 heavy (non-hydrogen) atoms. The molecule has 0 heterocycles. The Balaban J connectivity index is 3.11. The zero-order chi connectivity index (χ0) is 11.5. The molecule has 1 rings (SSSR count). The van der Waals surface area contributed by atoms with Crippen molar-refractivity contribution in [1.82, 2.24) is 0 Å². The molecule has 0 saturated heterocycles. The van der Waals surface area contributed by atoms with Crippen molar-refractivity contribution in [2.24, 2.45) is 0 Å². The maximum absolute atomic E-state index is 11.2. The van der Waals surface area contributed by atoms with Crippen LogP contribution in [-0.2, 0) is 21.1 Å². The minimum absolute atomic E-state index is 0.0178. The van der Waals surface area contributed by atoms with E-state index in [-0.39, 0.29) is 17.1 Å². The number of phenolic OH excluding ortho intramolecular Hbond substituents is 1. The molecule has 0 atom stereocenters. The van der Waals surface area contributed by atoms with Gasteiger partial charge in [-0.05, 0) is 30.2 Å². The number of hydrogen-bond donors (Lipinski definition) is 1. The molecule has 1 N–H and O–H groups in total. The lowest BCUT2D eigenvalue weighted by Gasteiger charge is -2.04. The summed E-state index contributed by atoms with van der Waals surface area (Å²) in [5.74, 6) is 0.0178. The van der Waals surface area contributed by atoms with E-state index in [0.717, 1.165) is 12.5 Å². The summed E-state index contributed by atoms with van der Waals surface area (Å²) in [5, 5.41) is 9.42. The molecule has 0 aliphatic heterocycles. The highest BCUT2D eigenvalue weighted by atomic mass is 32.2. The third kappa shape index (κ3) is 3.06. The Morgan fingerprint density at radius 3 is 2.60 bits per heavy atom. The summed E-state index contributed by atoms with van der Waals surface area (Å²) >= 11 is 0. The van der Waals surface area contributed by atoms with E-state index in [0.29, 0.717) is 12.0 Å². The van der Waals surface area contributed by atoms with Gasteiger partial charge in [0.1, 0.15) is 12.0 Å². The second kappa shape index (κ2) is 4.44. The summed E-state index contributed by atoms with van der Waals surface area (Å²) in [6.07, 6.45) is 2.44. The van der Waals surface area contributed by atoms with E-state index in [1.54, 1.807) is 0 Å². The summed E-state index contributed by atoms with van der Waals surface area (Å²) in [4.78, 5) is 10.3. The van der Waals surface area contributed by atoms with Crippen molar-refractivity contribution in [3.63, 3.8) is 0 Å². The molecule has 0 spiro atoms. The van der Waals surface area contributed by atoms with E-state index in [9.17, 15) is 18.3 Å². The molecule has 0 aromatic heterocycles. The first kappa shape index (κ1) is 11.7. The van der Waals surface area contributed by atoms with Crippen LogP contribution in [0.25, 0.3) is 0 Å². The number of benzene rings is 1. The van der Waals surface area contributed by atoms with Crippen molar-refractivity contribution in [3.8, 4) is 5.75 Å². The van der Waals surface area contributed by atoms with Gasteiger partial charge in [-0.2, -0.15) is 0 Å². The topological polar surface area (TPSA) is 71.4 Å². The maximum atomic E-state index is 11.2. The number of carbonyl (C=O) groups excluding carboxylic acids is 1. The predicted molar refractivity (Wildman–Crippen MR) is 55.6 cm³/mol. The monoisotopic (exact) mass is 228 g/mol. The minimum Gasteiger partial charge on any atom is -0.508 e. The molecular weight excluding hydrogens is 216 g/mol. The average Bonchev–Trinajstić information content (AvgIpc) is 2.15. The molecule has 4 nitrogen and oxygen atoms in total. The normalized spacial score (nSPS) is 11.3. The van der Waals surface area contributed by atoms with Crippen molar-refractivity contribution in [2.75, 3.05) is 6.26 Å². The van der Waals surface area contributed by atoms with Crippen LogP contribution in [0.4, 0.5) is 0 Å². The first-order valence-corrected chi connectivity index (χ1v) is 6.30. The van der Waals surface area contributed by atoms with Crippen LogP contribution in [0.2, 0.25) is 0 Å². The van der Waals surface area contributed by atoms with Crippen molar-refractivity contribution in [1.29, 1.82) is 0 Å². The van der Waals surface area contributed by atoms with Gasteiger partial charge in [0, 0.05) is 12.7 Å². The molecule has 0 saturated carbocycles. The first-order chi connectivity index (χ1) is 6.95. The zero-order valence-electron chi connectivity index (χ0n) is 8.30. The van der Waals surface area contributed by atoms with Gasteiger partial charge in [-0.15, -0.1) is 0 Å². The van der Waals surface area contributed by atoms with Gasteiger partial charge in [-0.25, -0.2) is 8.42 Å². The fourth-order valence-electron chi connectivity index (χ4n) is 1.21. The van der Waals surface area contributed by atoms with E-state index in [1.807, 2.05) is 0 Å². The van der Waals surface area contributed by atoms with Crippen LogP contribution in [0.5, 0.6) is 5.75 Å². The Morgan fingerprint density at radius 2 is 2.07 bits per heavy atom. The van der Waals surface area contributed by atoms with Gasteiger partial charge in [0.05, 0.1) is 4.90 Å². The summed E-state index contributed by atoms with van der Waals surface area (Å²) in [6.45, 7) is 0. The van der Waals surface area contributed by atoms with Gasteiger partial charge >= 0.3 is 0 Å². The molecular formula is C10H12O4S. The van der Waals surface area contributed by atoms with E-state index >= 15 is 0 Å². The lowest BCUT2D eigenvalue weighted by molar-refractivity contribution is -0.107. The van der Waals surface area contributed by atoms with E-state index in [4.69, 9.17) is 0 Å². The summed E-state index contributed by atoms with van der Waals surface area (Å²) in [7, 11) is -3.27. The van der Waals surface area contributed by atoms with Gasteiger partial charge in [0.25, 0.3) is 0 Å². The lowest BCUT2D eigenvalue weighted by Crippen LogP contribution is -1.98. The second-order valence-corrected chi connectivity index (χ2v) is 5.28. The number of phenols is 1. The molecule has 0 aliphatic carbocycles. The molecule has 0 fully saturated rings. The average molecular weight is 228 g/mol. The van der Waals surface area contributed by atoms with Crippen LogP contribution in [0.3, 0.4) is 0 Å². The van der Waals surface area contributed by atoms with Crippen LogP contribution in [-0.4, -0.2) is 26.1 Å². The largest absolute Gasteiger partial charge is 0.508 e. The zero-order valence-corrected chi connectivity index (χ0v) is 9.12. The van der Waals surface area contributed by atoms with Crippen LogP contribution in [0, 0.1) is 0 Å². The molecule has 0 unspecified atom stereocenters. The minimum atomic E-state index is -3.27. The van der Waals surface area contributed by atoms with Gasteiger partial charge < -0.3 is 9.90 Å². The van der Waals surface area contributed by atoms with Crippen molar-refractivity contribution in [3.05, 3.63) is 23.8 Å². The number of sulfone groups is 1. The van der Waals surface area contributed by atoms with Crippen LogP contribution in [0.15, 0.2) is 23.1 Å². The summed E-state index contributed by atoms with van der Waals surface area (Å²) < 4.78 is 22.4. The van der Waals surface area contributed by atoms with Gasteiger partial charge in [-0.3, -0.25) is 0 Å². The van der Waals surface area contributed by atoms with Crippen LogP contribution >= 0.6 is 0 Å². The molecule has 82 valence electrons. The predicted octanol–water partition coefficient (Wildman–Crippen LogP) is 0.927. The number of aromatic hydroxyl groups is 1. The van der Waals surface area contributed by atoms with Crippen LogP contribution in [0.1, 0.15) is 12.0 Å². The molecule has 0 aliphatic rings. The van der Waals surface area contributed by atoms with Crippen molar-refractivity contribution in [2.45, 2.75) is 17.7 Å². The Labute approximate surface area is 88.5 Å². The SMILES string of the molecule is CS(=O)(=O)c1ccc(O)c(CCC=O)c1. The fourth-order valence-corrected chi connectivity index (χ4v) is 1.88. The number of aldehydes is 1. The number of aryl methyl sites for hydroxylation is 1. The van der Waals surface area contributed by atoms with Gasteiger partial charge in [-0.1, -0.05) is 0 Å². The van der Waals surface area contributed by atoms with Crippen LogP contribution < -0.4 is 0 Å². The number of rotatable bonds is 4. The fraction of sp³-hybridized carbons (Fsp3) is 0.300. The highest BCUT2D eigenvalue weighted by Crippen LogP contribution is 2.22. The Morgan fingerprint density at radius 1 is 1.40 bits per heavy atom.